The summed E-state index contributed by atoms with van der Waals surface area (Å²) in [5, 5.41) is 3.37. The average Bonchev–Trinajstić information content (AvgIpc) is 2.44. The molecule has 0 aliphatic heterocycles. The third-order valence-electron chi connectivity index (χ3n) is 2.83. The zero-order valence-electron chi connectivity index (χ0n) is 12.0. The van der Waals surface area contributed by atoms with E-state index in [1.807, 2.05) is 19.9 Å². The molecule has 0 fully saturated rings. The molecule has 0 bridgehead atoms. The van der Waals surface area contributed by atoms with E-state index >= 15 is 0 Å². The minimum atomic E-state index is 0.636. The van der Waals surface area contributed by atoms with E-state index in [1.165, 1.54) is 0 Å². The Morgan fingerprint density at radius 3 is 2.62 bits per heavy atom. The molecular formula is C15H17Br2N3O. The van der Waals surface area contributed by atoms with Crippen molar-refractivity contribution < 1.29 is 4.74 Å². The maximum atomic E-state index is 5.71. The summed E-state index contributed by atoms with van der Waals surface area (Å²) in [7, 11) is 0. The fourth-order valence-corrected chi connectivity index (χ4v) is 3.31. The SMILES string of the molecule is CCOc1c(Br)cc(Br)cc1CNCc1cnc(C)cn1. The van der Waals surface area contributed by atoms with Gasteiger partial charge in [-0.3, -0.25) is 9.97 Å². The summed E-state index contributed by atoms with van der Waals surface area (Å²) in [5.41, 5.74) is 2.94. The van der Waals surface area contributed by atoms with Crippen molar-refractivity contribution in [1.82, 2.24) is 15.3 Å². The van der Waals surface area contributed by atoms with E-state index < -0.39 is 0 Å². The molecule has 0 atom stereocenters. The first-order chi connectivity index (χ1) is 10.1. The van der Waals surface area contributed by atoms with Crippen LogP contribution in [0.1, 0.15) is 23.9 Å². The molecular weight excluding hydrogens is 398 g/mol. The van der Waals surface area contributed by atoms with Gasteiger partial charge in [0, 0.05) is 35.5 Å². The molecule has 2 rings (SSSR count). The molecule has 0 radical (unpaired) electrons. The molecule has 112 valence electrons. The number of benzene rings is 1. The Bertz CT molecular complexity index is 603. The summed E-state index contributed by atoms with van der Waals surface area (Å²) in [5.74, 6) is 0.878. The van der Waals surface area contributed by atoms with Crippen molar-refractivity contribution in [3.8, 4) is 5.75 Å². The zero-order valence-corrected chi connectivity index (χ0v) is 15.2. The van der Waals surface area contributed by atoms with Crippen LogP contribution in [0.3, 0.4) is 0 Å². The van der Waals surface area contributed by atoms with Crippen LogP contribution < -0.4 is 10.1 Å². The van der Waals surface area contributed by atoms with E-state index in [2.05, 4.69) is 53.2 Å². The van der Waals surface area contributed by atoms with Gasteiger partial charge in [0.25, 0.3) is 0 Å². The molecule has 0 aliphatic rings. The van der Waals surface area contributed by atoms with Crippen LogP contribution in [0, 0.1) is 6.92 Å². The molecule has 1 heterocycles. The van der Waals surface area contributed by atoms with E-state index in [-0.39, 0.29) is 0 Å². The van der Waals surface area contributed by atoms with Crippen molar-refractivity contribution in [3.63, 3.8) is 0 Å². The Balaban J connectivity index is 2.03. The monoisotopic (exact) mass is 413 g/mol. The number of rotatable bonds is 6. The summed E-state index contributed by atoms with van der Waals surface area (Å²) in [6, 6.07) is 4.05. The molecule has 0 saturated carbocycles. The first-order valence-electron chi connectivity index (χ1n) is 6.69. The van der Waals surface area contributed by atoms with Crippen molar-refractivity contribution in [1.29, 1.82) is 0 Å². The van der Waals surface area contributed by atoms with Crippen LogP contribution in [0.5, 0.6) is 5.75 Å². The second-order valence-corrected chi connectivity index (χ2v) is 6.33. The van der Waals surface area contributed by atoms with E-state index in [1.54, 1.807) is 12.4 Å². The van der Waals surface area contributed by atoms with Gasteiger partial charge in [0.15, 0.2) is 0 Å². The Morgan fingerprint density at radius 1 is 1.14 bits per heavy atom. The number of ether oxygens (including phenoxy) is 1. The highest BCUT2D eigenvalue weighted by molar-refractivity contribution is 9.11. The van der Waals surface area contributed by atoms with Crippen molar-refractivity contribution in [2.24, 2.45) is 0 Å². The topological polar surface area (TPSA) is 47.0 Å². The fraction of sp³-hybridized carbons (Fsp3) is 0.333. The van der Waals surface area contributed by atoms with Crippen LogP contribution in [0.4, 0.5) is 0 Å². The van der Waals surface area contributed by atoms with Crippen molar-refractivity contribution >= 4 is 31.9 Å². The first-order valence-corrected chi connectivity index (χ1v) is 8.27. The number of halogens is 2. The summed E-state index contributed by atoms with van der Waals surface area (Å²) >= 11 is 7.05. The van der Waals surface area contributed by atoms with Crippen LogP contribution in [0.15, 0.2) is 33.5 Å². The Hall–Kier alpha value is -0.980. The molecule has 4 nitrogen and oxygen atoms in total. The Kier molecular flexibility index (Phi) is 6.14. The fourth-order valence-electron chi connectivity index (χ4n) is 1.89. The first kappa shape index (κ1) is 16.4. The van der Waals surface area contributed by atoms with Crippen molar-refractivity contribution in [3.05, 3.63) is 50.4 Å². The highest BCUT2D eigenvalue weighted by Crippen LogP contribution is 2.32. The molecule has 21 heavy (non-hydrogen) atoms. The van der Waals surface area contributed by atoms with Gasteiger partial charge in [0.1, 0.15) is 5.75 Å². The van der Waals surface area contributed by atoms with Gasteiger partial charge in [-0.05, 0) is 41.9 Å². The molecule has 0 unspecified atom stereocenters. The van der Waals surface area contributed by atoms with Gasteiger partial charge < -0.3 is 10.1 Å². The number of nitrogens with zero attached hydrogens (tertiary/aromatic N) is 2. The number of aryl methyl sites for hydroxylation is 1. The van der Waals surface area contributed by atoms with E-state index in [9.17, 15) is 0 Å². The molecule has 1 aromatic carbocycles. The van der Waals surface area contributed by atoms with Crippen LogP contribution in [-0.2, 0) is 13.1 Å². The smallest absolute Gasteiger partial charge is 0.138 e. The van der Waals surface area contributed by atoms with Gasteiger partial charge >= 0.3 is 0 Å². The van der Waals surface area contributed by atoms with E-state index in [0.717, 1.165) is 31.6 Å². The van der Waals surface area contributed by atoms with Gasteiger partial charge in [-0.2, -0.15) is 0 Å². The molecule has 1 aromatic heterocycles. The quantitative estimate of drug-likeness (QED) is 0.775. The molecule has 2 aromatic rings. The second-order valence-electron chi connectivity index (χ2n) is 4.56. The number of hydrogen-bond donors (Lipinski definition) is 1. The van der Waals surface area contributed by atoms with Gasteiger partial charge in [0.05, 0.1) is 22.5 Å². The predicted octanol–water partition coefficient (Wildman–Crippen LogP) is 4.00. The average molecular weight is 415 g/mol. The second kappa shape index (κ2) is 7.87. The minimum absolute atomic E-state index is 0.636. The van der Waals surface area contributed by atoms with Crippen LogP contribution in [0.25, 0.3) is 0 Å². The molecule has 1 N–H and O–H groups in total. The normalized spacial score (nSPS) is 10.7. The lowest BCUT2D eigenvalue weighted by Crippen LogP contribution is -2.15. The standard InChI is InChI=1S/C15H17Br2N3O/c1-3-21-15-11(4-12(16)5-14(15)17)7-18-8-13-9-19-10(2)6-20-13/h4-6,9,18H,3,7-8H2,1-2H3. The van der Waals surface area contributed by atoms with Crippen LogP contribution >= 0.6 is 31.9 Å². The lowest BCUT2D eigenvalue weighted by Gasteiger charge is -2.13. The predicted molar refractivity (Wildman–Crippen MR) is 90.3 cm³/mol. The van der Waals surface area contributed by atoms with E-state index in [4.69, 9.17) is 4.74 Å². The summed E-state index contributed by atoms with van der Waals surface area (Å²) in [4.78, 5) is 8.57. The number of aromatic nitrogens is 2. The minimum Gasteiger partial charge on any atom is -0.492 e. The maximum absolute atomic E-state index is 5.71. The highest BCUT2D eigenvalue weighted by Gasteiger charge is 2.09. The van der Waals surface area contributed by atoms with Gasteiger partial charge in [-0.25, -0.2) is 0 Å². The molecule has 0 aliphatic carbocycles. The largest absolute Gasteiger partial charge is 0.492 e. The molecule has 0 spiro atoms. The highest BCUT2D eigenvalue weighted by atomic mass is 79.9. The van der Waals surface area contributed by atoms with Gasteiger partial charge in [-0.1, -0.05) is 15.9 Å². The summed E-state index contributed by atoms with van der Waals surface area (Å²) in [6.45, 7) is 5.91. The number of hydrogen-bond acceptors (Lipinski definition) is 4. The summed E-state index contributed by atoms with van der Waals surface area (Å²) < 4.78 is 7.67. The van der Waals surface area contributed by atoms with Gasteiger partial charge in [0.2, 0.25) is 0 Å². The van der Waals surface area contributed by atoms with E-state index in [0.29, 0.717) is 19.7 Å². The molecule has 6 heteroatoms. The number of nitrogens with one attached hydrogen (secondary N) is 1. The maximum Gasteiger partial charge on any atom is 0.138 e. The van der Waals surface area contributed by atoms with Crippen LogP contribution in [-0.4, -0.2) is 16.6 Å². The summed E-state index contributed by atoms with van der Waals surface area (Å²) in [6.07, 6.45) is 3.57. The lowest BCUT2D eigenvalue weighted by molar-refractivity contribution is 0.333. The van der Waals surface area contributed by atoms with Gasteiger partial charge in [-0.15, -0.1) is 0 Å². The Morgan fingerprint density at radius 2 is 1.95 bits per heavy atom. The molecule has 0 amide bonds. The Labute approximate surface area is 141 Å². The lowest BCUT2D eigenvalue weighted by atomic mass is 10.2. The molecule has 0 saturated heterocycles. The third-order valence-corrected chi connectivity index (χ3v) is 3.88. The third kappa shape index (κ3) is 4.76. The zero-order chi connectivity index (χ0) is 15.2. The van der Waals surface area contributed by atoms with Crippen molar-refractivity contribution in [2.75, 3.05) is 6.61 Å². The van der Waals surface area contributed by atoms with Crippen LogP contribution in [0.2, 0.25) is 0 Å². The van der Waals surface area contributed by atoms with Crippen molar-refractivity contribution in [2.45, 2.75) is 26.9 Å².